The van der Waals surface area contributed by atoms with Crippen LogP contribution in [0.25, 0.3) is 22.1 Å². The molecule has 0 N–H and O–H groups in total. The average molecular weight is 380 g/mol. The lowest BCUT2D eigenvalue weighted by Gasteiger charge is -1.99. The van der Waals surface area contributed by atoms with Crippen molar-refractivity contribution in [1.82, 2.24) is 19.3 Å². The first-order valence-corrected chi connectivity index (χ1v) is 9.89. The van der Waals surface area contributed by atoms with Crippen molar-refractivity contribution in [2.45, 2.75) is 0 Å². The molecule has 2 aromatic heterocycles. The summed E-state index contributed by atoms with van der Waals surface area (Å²) in [5.41, 5.74) is 3.98. The fraction of sp³-hybridized carbons (Fsp3) is 0. The van der Waals surface area contributed by atoms with E-state index in [0.717, 1.165) is 42.1 Å². The van der Waals surface area contributed by atoms with Gasteiger partial charge in [-0.25, -0.2) is 19.3 Å². The number of imidazole rings is 2. The first kappa shape index (κ1) is 13.8. The van der Waals surface area contributed by atoms with Crippen LogP contribution in [-0.4, -0.2) is 27.7 Å². The number of hydrogen-bond acceptors (Lipinski definition) is 5. The Hall–Kier alpha value is -2.49. The Balaban J connectivity index is 1.42. The summed E-state index contributed by atoms with van der Waals surface area (Å²) in [6, 6.07) is 16.1. The number of fused-ring (bicyclic) bond motifs is 6. The van der Waals surface area contributed by atoms with Crippen molar-refractivity contribution >= 4 is 64.5 Å². The van der Waals surface area contributed by atoms with Crippen molar-refractivity contribution in [2.75, 3.05) is 0 Å². The molecule has 120 valence electrons. The third kappa shape index (κ3) is 1.91. The average Bonchev–Trinajstić information content (AvgIpc) is 3.37. The van der Waals surface area contributed by atoms with Gasteiger partial charge in [0.2, 0.25) is 0 Å². The fourth-order valence-electron chi connectivity index (χ4n) is 2.91. The highest BCUT2D eigenvalue weighted by Gasteiger charge is 2.25. The number of nitrogens with zero attached hydrogens (tertiary/aromatic N) is 6. The highest BCUT2D eigenvalue weighted by molar-refractivity contribution is 8.37. The topological polar surface area (TPSA) is 60.4 Å². The Morgan fingerprint density at radius 2 is 1.16 bits per heavy atom. The minimum atomic E-state index is 0.888. The van der Waals surface area contributed by atoms with Crippen molar-refractivity contribution in [3.05, 3.63) is 60.2 Å². The summed E-state index contributed by atoms with van der Waals surface area (Å²) in [4.78, 5) is 9.45. The van der Waals surface area contributed by atoms with Crippen molar-refractivity contribution in [3.8, 4) is 0 Å². The van der Waals surface area contributed by atoms with Crippen LogP contribution in [0.5, 0.6) is 0 Å². The van der Waals surface area contributed by atoms with Gasteiger partial charge in [-0.2, -0.15) is 0 Å². The second-order valence-corrected chi connectivity index (χ2v) is 8.54. The normalized spacial score (nSPS) is 14.9. The van der Waals surface area contributed by atoms with E-state index in [1.807, 2.05) is 57.9 Å². The largest absolute Gasteiger partial charge is 0.225 e. The van der Waals surface area contributed by atoms with Gasteiger partial charge in [0.25, 0.3) is 0 Å². The molecule has 0 aliphatic carbocycles. The molecular formula is C16H8N6S3. The van der Waals surface area contributed by atoms with Crippen molar-refractivity contribution in [1.29, 1.82) is 0 Å². The van der Waals surface area contributed by atoms with Gasteiger partial charge in [-0.15, -0.1) is 8.94 Å². The molecule has 0 radical (unpaired) electrons. The molecule has 0 amide bonds. The van der Waals surface area contributed by atoms with Gasteiger partial charge in [0.05, 0.1) is 22.1 Å². The molecule has 0 spiro atoms. The lowest BCUT2D eigenvalue weighted by molar-refractivity contribution is 0.926. The first-order valence-electron chi connectivity index (χ1n) is 7.53. The van der Waals surface area contributed by atoms with Crippen LogP contribution < -0.4 is 0 Å². The van der Waals surface area contributed by atoms with E-state index in [9.17, 15) is 0 Å². The van der Waals surface area contributed by atoms with Gasteiger partial charge in [0.15, 0.2) is 11.6 Å². The summed E-state index contributed by atoms with van der Waals surface area (Å²) in [7, 11) is 0. The number of thioether (sulfide) groups is 1. The molecule has 4 aromatic rings. The van der Waals surface area contributed by atoms with E-state index in [4.69, 9.17) is 9.97 Å². The Labute approximate surface area is 152 Å². The fourth-order valence-corrected chi connectivity index (χ4v) is 5.75. The smallest absolute Gasteiger partial charge is 0.181 e. The van der Waals surface area contributed by atoms with Crippen molar-refractivity contribution < 1.29 is 0 Å². The molecule has 25 heavy (non-hydrogen) atoms. The minimum absolute atomic E-state index is 0.888. The monoisotopic (exact) mass is 380 g/mol. The van der Waals surface area contributed by atoms with Crippen LogP contribution in [0.4, 0.5) is 0 Å². The van der Waals surface area contributed by atoms with Gasteiger partial charge in [-0.1, -0.05) is 36.0 Å². The zero-order valence-electron chi connectivity index (χ0n) is 12.5. The van der Waals surface area contributed by atoms with Crippen molar-refractivity contribution in [3.63, 3.8) is 0 Å². The molecule has 6 rings (SSSR count). The zero-order valence-corrected chi connectivity index (χ0v) is 15.0. The lowest BCUT2D eigenvalue weighted by Crippen LogP contribution is -2.06. The van der Waals surface area contributed by atoms with Crippen LogP contribution >= 0.6 is 11.8 Å². The van der Waals surface area contributed by atoms with E-state index >= 15 is 0 Å². The van der Waals surface area contributed by atoms with Gasteiger partial charge in [-0.3, -0.25) is 0 Å². The van der Waals surface area contributed by atoms with Crippen LogP contribution in [0.3, 0.4) is 0 Å². The molecule has 2 aromatic carbocycles. The van der Waals surface area contributed by atoms with Crippen LogP contribution in [0.1, 0.15) is 11.6 Å². The maximum absolute atomic E-state index is 4.73. The second kappa shape index (κ2) is 5.01. The van der Waals surface area contributed by atoms with Crippen LogP contribution in [0.15, 0.2) is 57.5 Å². The Morgan fingerprint density at radius 3 is 1.68 bits per heavy atom. The second-order valence-electron chi connectivity index (χ2n) is 5.49. The van der Waals surface area contributed by atoms with Gasteiger partial charge >= 0.3 is 0 Å². The standard InChI is InChI=1S/C16H8N6S3/c1-3-7-11-9(5-1)17-13-15(24-19-21(11)13)23-16-14-18-10-6-2-4-8-12(10)22(14)20-25-16/h1-8H. The van der Waals surface area contributed by atoms with Crippen LogP contribution in [0.2, 0.25) is 0 Å². The molecular weight excluding hydrogens is 372 g/mol. The molecule has 4 heterocycles. The minimum Gasteiger partial charge on any atom is -0.225 e. The molecule has 0 unspecified atom stereocenters. The molecule has 9 heteroatoms. The highest BCUT2D eigenvalue weighted by Crippen LogP contribution is 2.27. The summed E-state index contributed by atoms with van der Waals surface area (Å²) in [6.07, 6.45) is 0. The Kier molecular flexibility index (Phi) is 2.76. The molecule has 0 saturated carbocycles. The number of rotatable bonds is 0. The third-order valence-electron chi connectivity index (χ3n) is 4.04. The number of aromatic nitrogens is 4. The summed E-state index contributed by atoms with van der Waals surface area (Å²) in [5.74, 6) is 1.78. The number of para-hydroxylation sites is 4. The molecule has 2 aliphatic heterocycles. The SMILES string of the molecule is c1ccc2c(c1)nc1n2N=S=C1SC1=S=Nn2c1nc1ccccc12. The predicted molar refractivity (Wildman–Crippen MR) is 106 cm³/mol. The summed E-state index contributed by atoms with van der Waals surface area (Å²) in [6.45, 7) is 0. The van der Waals surface area contributed by atoms with Gasteiger partial charge < -0.3 is 0 Å². The predicted octanol–water partition coefficient (Wildman–Crippen LogP) is 2.86. The van der Waals surface area contributed by atoms with E-state index < -0.39 is 0 Å². The van der Waals surface area contributed by atoms with Crippen molar-refractivity contribution in [2.24, 2.45) is 8.94 Å². The lowest BCUT2D eigenvalue weighted by atomic mass is 10.3. The van der Waals surface area contributed by atoms with E-state index in [2.05, 4.69) is 8.94 Å². The van der Waals surface area contributed by atoms with Crippen LogP contribution in [-0.2, 0) is 22.3 Å². The quantitative estimate of drug-likeness (QED) is 0.441. The highest BCUT2D eigenvalue weighted by atomic mass is 32.2. The Morgan fingerprint density at radius 1 is 0.680 bits per heavy atom. The first-order chi connectivity index (χ1) is 12.4. The number of hydrogen-bond donors (Lipinski definition) is 0. The molecule has 0 atom stereocenters. The number of benzene rings is 2. The summed E-state index contributed by atoms with van der Waals surface area (Å²) in [5, 5.41) is 0. The van der Waals surface area contributed by atoms with Crippen LogP contribution in [0, 0.1) is 0 Å². The van der Waals surface area contributed by atoms with Gasteiger partial charge in [0, 0.05) is 0 Å². The van der Waals surface area contributed by atoms with E-state index in [1.54, 1.807) is 11.8 Å². The van der Waals surface area contributed by atoms with Gasteiger partial charge in [-0.05, 0) is 46.6 Å². The molecule has 0 saturated heterocycles. The molecule has 6 nitrogen and oxygen atoms in total. The molecule has 0 bridgehead atoms. The zero-order chi connectivity index (χ0) is 16.4. The maximum atomic E-state index is 4.73. The third-order valence-corrected chi connectivity index (χ3v) is 6.90. The molecule has 2 aliphatic rings. The summed E-state index contributed by atoms with van der Waals surface area (Å²) < 4.78 is 15.0. The van der Waals surface area contributed by atoms with E-state index in [1.165, 1.54) is 22.3 Å². The molecule has 0 fully saturated rings. The van der Waals surface area contributed by atoms with E-state index in [0.29, 0.717) is 0 Å². The van der Waals surface area contributed by atoms with Gasteiger partial charge in [0.1, 0.15) is 8.39 Å². The Bertz CT molecular complexity index is 1240. The summed E-state index contributed by atoms with van der Waals surface area (Å²) >= 11 is 4.54. The maximum Gasteiger partial charge on any atom is 0.181 e. The van der Waals surface area contributed by atoms with E-state index in [-0.39, 0.29) is 0 Å².